The van der Waals surface area contributed by atoms with Crippen LogP contribution in [-0.2, 0) is 0 Å². The Morgan fingerprint density at radius 1 is 1.50 bits per heavy atom. The lowest BCUT2D eigenvalue weighted by atomic mass is 9.98. The van der Waals surface area contributed by atoms with Gasteiger partial charge >= 0.3 is 0 Å². The van der Waals surface area contributed by atoms with Crippen molar-refractivity contribution >= 4 is 0 Å². The molecule has 0 spiro atoms. The van der Waals surface area contributed by atoms with Crippen molar-refractivity contribution in [2.75, 3.05) is 0 Å². The number of nitriles is 1. The van der Waals surface area contributed by atoms with Crippen molar-refractivity contribution in [2.45, 2.75) is 38.5 Å². The summed E-state index contributed by atoms with van der Waals surface area (Å²) in [6.07, 6.45) is 4.22. The Labute approximate surface area is 84.6 Å². The first-order valence-corrected chi connectivity index (χ1v) is 5.12. The summed E-state index contributed by atoms with van der Waals surface area (Å²) >= 11 is 0. The van der Waals surface area contributed by atoms with E-state index in [1.54, 1.807) is 6.20 Å². The van der Waals surface area contributed by atoms with Gasteiger partial charge in [0, 0.05) is 17.8 Å². The minimum atomic E-state index is 0.464. The molecule has 0 aliphatic heterocycles. The molecule has 2 rings (SSSR count). The van der Waals surface area contributed by atoms with E-state index in [9.17, 15) is 0 Å². The van der Waals surface area contributed by atoms with Crippen molar-refractivity contribution in [1.29, 1.82) is 5.26 Å². The Morgan fingerprint density at radius 3 is 2.71 bits per heavy atom. The van der Waals surface area contributed by atoms with Crippen molar-refractivity contribution in [3.8, 4) is 6.07 Å². The Bertz CT molecular complexity index is 384. The van der Waals surface area contributed by atoms with E-state index in [0.29, 0.717) is 17.4 Å². The van der Waals surface area contributed by atoms with E-state index in [1.165, 1.54) is 24.1 Å². The van der Waals surface area contributed by atoms with Gasteiger partial charge in [0.1, 0.15) is 6.07 Å². The Hall–Kier alpha value is -1.36. The number of hydrogen-bond acceptors (Lipinski definition) is 2. The second-order valence-electron chi connectivity index (χ2n) is 4.24. The molecule has 0 atom stereocenters. The van der Waals surface area contributed by atoms with Gasteiger partial charge in [-0.2, -0.15) is 5.26 Å². The molecule has 14 heavy (non-hydrogen) atoms. The fraction of sp³-hybridized carbons (Fsp3) is 0.500. The summed E-state index contributed by atoms with van der Waals surface area (Å²) in [5.41, 5.74) is 3.16. The van der Waals surface area contributed by atoms with E-state index in [2.05, 4.69) is 24.9 Å². The highest BCUT2D eigenvalue weighted by Gasteiger charge is 2.28. The van der Waals surface area contributed by atoms with E-state index in [1.807, 2.05) is 6.07 Å². The second-order valence-corrected chi connectivity index (χ2v) is 4.24. The molecule has 1 saturated carbocycles. The summed E-state index contributed by atoms with van der Waals surface area (Å²) in [4.78, 5) is 4.41. The van der Waals surface area contributed by atoms with Crippen LogP contribution >= 0.6 is 0 Å². The molecule has 2 nitrogen and oxygen atoms in total. The minimum Gasteiger partial charge on any atom is -0.259 e. The number of aromatic nitrogens is 1. The van der Waals surface area contributed by atoms with Crippen molar-refractivity contribution < 1.29 is 0 Å². The smallest absolute Gasteiger partial charge is 0.101 e. The standard InChI is InChI=1S/C12H14N2/c1-8(2)11-5-9(6-13)7-14-12(11)10-3-4-10/h5,7-8,10H,3-4H2,1-2H3. The second kappa shape index (κ2) is 3.42. The third kappa shape index (κ3) is 1.63. The number of nitrogens with zero attached hydrogens (tertiary/aromatic N) is 2. The SMILES string of the molecule is CC(C)c1cc(C#N)cnc1C1CC1. The molecule has 1 aromatic heterocycles. The van der Waals surface area contributed by atoms with Gasteiger partial charge in [0.2, 0.25) is 0 Å². The predicted molar refractivity (Wildman–Crippen MR) is 55.0 cm³/mol. The molecule has 1 aliphatic carbocycles. The van der Waals surface area contributed by atoms with Crippen molar-refractivity contribution in [1.82, 2.24) is 4.98 Å². The van der Waals surface area contributed by atoms with Crippen molar-refractivity contribution in [3.63, 3.8) is 0 Å². The third-order valence-electron chi connectivity index (χ3n) is 2.66. The summed E-state index contributed by atoms with van der Waals surface area (Å²) in [5.74, 6) is 1.13. The maximum atomic E-state index is 8.80. The lowest BCUT2D eigenvalue weighted by molar-refractivity contribution is 0.819. The molecule has 1 aliphatic rings. The number of rotatable bonds is 2. The molecular formula is C12H14N2. The van der Waals surface area contributed by atoms with Crippen molar-refractivity contribution in [2.24, 2.45) is 0 Å². The molecule has 1 heterocycles. The van der Waals surface area contributed by atoms with Crippen molar-refractivity contribution in [3.05, 3.63) is 29.1 Å². The summed E-state index contributed by atoms with van der Waals surface area (Å²) < 4.78 is 0. The van der Waals surface area contributed by atoms with Crippen LogP contribution in [0.3, 0.4) is 0 Å². The molecular weight excluding hydrogens is 172 g/mol. The van der Waals surface area contributed by atoms with Crippen LogP contribution in [-0.4, -0.2) is 4.98 Å². The Morgan fingerprint density at radius 2 is 2.21 bits per heavy atom. The molecule has 72 valence electrons. The quantitative estimate of drug-likeness (QED) is 0.712. The molecule has 0 aromatic carbocycles. The Balaban J connectivity index is 2.44. The molecule has 0 N–H and O–H groups in total. The third-order valence-corrected chi connectivity index (χ3v) is 2.66. The zero-order chi connectivity index (χ0) is 10.1. The zero-order valence-corrected chi connectivity index (χ0v) is 8.62. The maximum Gasteiger partial charge on any atom is 0.101 e. The highest BCUT2D eigenvalue weighted by Crippen LogP contribution is 2.42. The first-order chi connectivity index (χ1) is 6.72. The van der Waals surface area contributed by atoms with Gasteiger partial charge in [-0.3, -0.25) is 4.98 Å². The van der Waals surface area contributed by atoms with Gasteiger partial charge in [-0.1, -0.05) is 13.8 Å². The van der Waals surface area contributed by atoms with Crippen LogP contribution in [0, 0.1) is 11.3 Å². The van der Waals surface area contributed by atoms with Crippen LogP contribution in [0.4, 0.5) is 0 Å². The minimum absolute atomic E-state index is 0.464. The topological polar surface area (TPSA) is 36.7 Å². The largest absolute Gasteiger partial charge is 0.259 e. The van der Waals surface area contributed by atoms with Crippen LogP contribution in [0.2, 0.25) is 0 Å². The first kappa shape index (κ1) is 9.21. The van der Waals surface area contributed by atoms with E-state index in [0.717, 1.165) is 0 Å². The van der Waals surface area contributed by atoms with Gasteiger partial charge in [0.15, 0.2) is 0 Å². The van der Waals surface area contributed by atoms with Gasteiger partial charge in [0.05, 0.1) is 5.56 Å². The normalized spacial score (nSPS) is 15.6. The van der Waals surface area contributed by atoms with Crippen LogP contribution in [0.25, 0.3) is 0 Å². The average Bonchev–Trinajstić information content (AvgIpc) is 3.00. The zero-order valence-electron chi connectivity index (χ0n) is 8.62. The molecule has 0 amide bonds. The molecule has 1 fully saturated rings. The highest BCUT2D eigenvalue weighted by molar-refractivity contribution is 5.37. The molecule has 0 unspecified atom stereocenters. The first-order valence-electron chi connectivity index (χ1n) is 5.12. The van der Waals surface area contributed by atoms with E-state index in [-0.39, 0.29) is 0 Å². The molecule has 0 bridgehead atoms. The van der Waals surface area contributed by atoms with E-state index < -0.39 is 0 Å². The van der Waals surface area contributed by atoms with Crippen LogP contribution in [0.1, 0.15) is 55.3 Å². The molecule has 1 aromatic rings. The molecule has 2 heteroatoms. The van der Waals surface area contributed by atoms with E-state index in [4.69, 9.17) is 5.26 Å². The van der Waals surface area contributed by atoms with Gasteiger partial charge in [-0.25, -0.2) is 0 Å². The summed E-state index contributed by atoms with van der Waals surface area (Å²) in [5, 5.41) is 8.80. The number of hydrogen-bond donors (Lipinski definition) is 0. The summed E-state index contributed by atoms with van der Waals surface area (Å²) in [7, 11) is 0. The van der Waals surface area contributed by atoms with Crippen LogP contribution in [0.15, 0.2) is 12.3 Å². The monoisotopic (exact) mass is 186 g/mol. The highest BCUT2D eigenvalue weighted by atomic mass is 14.7. The Kier molecular flexibility index (Phi) is 2.25. The average molecular weight is 186 g/mol. The van der Waals surface area contributed by atoms with Crippen LogP contribution < -0.4 is 0 Å². The molecule has 0 radical (unpaired) electrons. The number of pyridine rings is 1. The van der Waals surface area contributed by atoms with Gasteiger partial charge in [-0.05, 0) is 30.4 Å². The van der Waals surface area contributed by atoms with E-state index >= 15 is 0 Å². The van der Waals surface area contributed by atoms with Gasteiger partial charge in [0.25, 0.3) is 0 Å². The maximum absolute atomic E-state index is 8.80. The summed E-state index contributed by atoms with van der Waals surface area (Å²) in [6, 6.07) is 4.14. The lowest BCUT2D eigenvalue weighted by Crippen LogP contribution is -1.99. The fourth-order valence-corrected chi connectivity index (χ4v) is 1.71. The lowest BCUT2D eigenvalue weighted by Gasteiger charge is -2.10. The van der Waals surface area contributed by atoms with Gasteiger partial charge < -0.3 is 0 Å². The van der Waals surface area contributed by atoms with Gasteiger partial charge in [-0.15, -0.1) is 0 Å². The summed E-state index contributed by atoms with van der Waals surface area (Å²) in [6.45, 7) is 4.31. The molecule has 0 saturated heterocycles. The predicted octanol–water partition coefficient (Wildman–Crippen LogP) is 2.95. The van der Waals surface area contributed by atoms with Crippen LogP contribution in [0.5, 0.6) is 0 Å². The fourth-order valence-electron chi connectivity index (χ4n) is 1.71.